The molecule has 1 aromatic carbocycles. The molecule has 0 amide bonds. The van der Waals surface area contributed by atoms with Crippen molar-refractivity contribution in [2.75, 3.05) is 0 Å². The summed E-state index contributed by atoms with van der Waals surface area (Å²) >= 11 is 0. The number of rotatable bonds is 1. The molecule has 1 fully saturated rings. The molecule has 1 saturated carbocycles. The molecule has 1 N–H and O–H groups in total. The summed E-state index contributed by atoms with van der Waals surface area (Å²) in [5, 5.41) is 10.7. The monoisotopic (exact) mass is 294 g/mol. The summed E-state index contributed by atoms with van der Waals surface area (Å²) in [6, 6.07) is 10.1. The van der Waals surface area contributed by atoms with E-state index in [1.165, 1.54) is 0 Å². The van der Waals surface area contributed by atoms with E-state index in [0.29, 0.717) is 5.41 Å². The molecule has 0 bridgehead atoms. The van der Waals surface area contributed by atoms with Crippen LogP contribution in [-0.2, 0) is 5.60 Å². The van der Waals surface area contributed by atoms with Gasteiger partial charge in [0.25, 0.3) is 0 Å². The van der Waals surface area contributed by atoms with E-state index in [-0.39, 0.29) is 6.96 Å². The molecule has 20 heavy (non-hydrogen) atoms. The van der Waals surface area contributed by atoms with Crippen molar-refractivity contribution in [3.8, 4) is 0 Å². The zero-order valence-electron chi connectivity index (χ0n) is 14.4. The van der Waals surface area contributed by atoms with Gasteiger partial charge in [-0.25, -0.2) is 0 Å². The van der Waals surface area contributed by atoms with Crippen molar-refractivity contribution in [3.63, 3.8) is 0 Å². The number of hydrogen-bond donors (Lipinski definition) is 1. The highest BCUT2D eigenvalue weighted by Crippen LogP contribution is 2.45. The summed E-state index contributed by atoms with van der Waals surface area (Å²) in [5.74, 6) is 0.742. The Kier molecular flexibility index (Phi) is 6.11. The summed E-state index contributed by atoms with van der Waals surface area (Å²) in [7, 11) is 2.32. The minimum Gasteiger partial charge on any atom is -0.385 e. The van der Waals surface area contributed by atoms with Crippen LogP contribution in [0.4, 0.5) is 0 Å². The Bertz CT molecular complexity index is 406. The number of aliphatic hydroxyl groups is 1. The minimum atomic E-state index is -0.580. The molecule has 1 aromatic rings. The standard InChI is InChI=1S/C16H24O.CH6BP/c1-15(2,3)13-9-11-16(17,12-10-13)14-7-5-4-6-8-14;1-2-3/h4-8,13,17H,9-12H2,1-3H3;2H,3H2,1H3/i;2T. The molecule has 0 saturated heterocycles. The Morgan fingerprint density at radius 2 is 1.70 bits per heavy atom. The van der Waals surface area contributed by atoms with Gasteiger partial charge in [0.1, 0.15) is 6.96 Å². The Labute approximate surface area is 129 Å². The third-order valence-electron chi connectivity index (χ3n) is 4.35. The molecule has 0 aliphatic heterocycles. The van der Waals surface area contributed by atoms with Crippen LogP contribution in [0.25, 0.3) is 0 Å². The largest absolute Gasteiger partial charge is 0.385 e. The molecule has 112 valence electrons. The molecular formula is C17H30BOP. The maximum Gasteiger partial charge on any atom is 0.141 e. The molecule has 1 aliphatic rings. The lowest BCUT2D eigenvalue weighted by atomic mass is 9.67. The van der Waals surface area contributed by atoms with E-state index in [1.54, 1.807) is 6.82 Å². The van der Waals surface area contributed by atoms with Gasteiger partial charge in [-0.1, -0.05) is 57.9 Å². The van der Waals surface area contributed by atoms with Crippen molar-refractivity contribution < 1.29 is 5.11 Å². The van der Waals surface area contributed by atoms with Crippen LogP contribution in [0.1, 0.15) is 52.0 Å². The Morgan fingerprint density at radius 3 is 2.10 bits per heavy atom. The van der Waals surface area contributed by atoms with E-state index in [1.807, 2.05) is 18.2 Å². The van der Waals surface area contributed by atoms with Gasteiger partial charge in [0.15, 0.2) is 0 Å². The average Bonchev–Trinajstić information content (AvgIpc) is 2.38. The molecule has 0 spiro atoms. The fraction of sp³-hybridized carbons (Fsp3) is 0.647. The van der Waals surface area contributed by atoms with Crippen LogP contribution in [0, 0.1) is 11.3 Å². The first-order chi connectivity index (χ1) is 9.65. The SMILES string of the molecule is CC(C)(C)C1CCC(O)(c2ccccc2)CC1.[3H]B(C)P. The van der Waals surface area contributed by atoms with Gasteiger partial charge in [0.2, 0.25) is 0 Å². The predicted molar refractivity (Wildman–Crippen MR) is 94.5 cm³/mol. The Morgan fingerprint density at radius 1 is 1.25 bits per heavy atom. The van der Waals surface area contributed by atoms with E-state index in [0.717, 1.165) is 37.2 Å². The topological polar surface area (TPSA) is 20.2 Å². The molecule has 3 heteroatoms. The molecule has 1 aliphatic carbocycles. The summed E-state index contributed by atoms with van der Waals surface area (Å²) < 4.78 is 6.55. The molecule has 0 heterocycles. The second kappa shape index (κ2) is 7.62. The van der Waals surface area contributed by atoms with Gasteiger partial charge in [-0.2, -0.15) is 9.12 Å². The molecule has 1 nitrogen and oxygen atoms in total. The lowest BCUT2D eigenvalue weighted by Crippen LogP contribution is -2.35. The van der Waals surface area contributed by atoms with Crippen LogP contribution in [0.3, 0.4) is 0 Å². The van der Waals surface area contributed by atoms with Crippen molar-refractivity contribution in [1.29, 1.82) is 1.34 Å². The normalized spacial score (nSPS) is 27.1. The van der Waals surface area contributed by atoms with Crippen molar-refractivity contribution in [3.05, 3.63) is 35.9 Å². The van der Waals surface area contributed by atoms with Gasteiger partial charge in [0, 0.05) is 0 Å². The molecule has 2 rings (SSSR count). The van der Waals surface area contributed by atoms with Crippen molar-refractivity contribution in [1.82, 2.24) is 0 Å². The van der Waals surface area contributed by atoms with Crippen molar-refractivity contribution in [2.45, 2.75) is 58.9 Å². The van der Waals surface area contributed by atoms with Gasteiger partial charge >= 0.3 is 0 Å². The lowest BCUT2D eigenvalue weighted by Gasteiger charge is -2.41. The fourth-order valence-electron chi connectivity index (χ4n) is 3.00. The van der Waals surface area contributed by atoms with Gasteiger partial charge in [-0.05, 0) is 43.9 Å². The zero-order valence-corrected chi connectivity index (χ0v) is 14.5. The minimum absolute atomic E-state index is 0.000000000000000222. The lowest BCUT2D eigenvalue weighted by molar-refractivity contribution is -0.0297. The van der Waals surface area contributed by atoms with E-state index in [4.69, 9.17) is 1.34 Å². The maximum absolute atomic E-state index is 10.7. The second-order valence-electron chi connectivity index (χ2n) is 6.87. The van der Waals surface area contributed by atoms with E-state index in [9.17, 15) is 5.11 Å². The summed E-state index contributed by atoms with van der Waals surface area (Å²) in [6.07, 6.45) is 4.07. The van der Waals surface area contributed by atoms with Crippen molar-refractivity contribution in [2.24, 2.45) is 11.3 Å². The first kappa shape index (κ1) is 16.1. The highest BCUT2D eigenvalue weighted by Gasteiger charge is 2.38. The highest BCUT2D eigenvalue weighted by atomic mass is 31.0. The molecule has 1 unspecified atom stereocenters. The summed E-state index contributed by atoms with van der Waals surface area (Å²) in [5.41, 5.74) is 0.883. The van der Waals surface area contributed by atoms with Gasteiger partial charge in [-0.3, -0.25) is 0 Å². The average molecular weight is 294 g/mol. The summed E-state index contributed by atoms with van der Waals surface area (Å²) in [4.78, 5) is 0. The van der Waals surface area contributed by atoms with Crippen LogP contribution in [0.15, 0.2) is 30.3 Å². The quantitative estimate of drug-likeness (QED) is 0.602. The number of benzene rings is 1. The van der Waals surface area contributed by atoms with E-state index in [2.05, 4.69) is 42.0 Å². The van der Waals surface area contributed by atoms with Gasteiger partial charge in [0.05, 0.1) is 5.60 Å². The molecule has 0 radical (unpaired) electrons. The fourth-order valence-corrected chi connectivity index (χ4v) is 3.00. The Balaban J connectivity index is 0.000000491. The van der Waals surface area contributed by atoms with Crippen molar-refractivity contribution >= 4 is 16.1 Å². The second-order valence-corrected chi connectivity index (χ2v) is 7.54. The van der Waals surface area contributed by atoms with Gasteiger partial charge in [-0.15, -0.1) is 0 Å². The third kappa shape index (κ3) is 4.90. The van der Waals surface area contributed by atoms with Crippen LogP contribution in [0.5, 0.6) is 0 Å². The number of hydrogen-bond acceptors (Lipinski definition) is 1. The van der Waals surface area contributed by atoms with Crippen LogP contribution in [-0.4, -0.2) is 13.4 Å². The molecular weight excluding hydrogens is 262 g/mol. The first-order valence-electron chi connectivity index (χ1n) is 8.18. The highest BCUT2D eigenvalue weighted by molar-refractivity contribution is 7.55. The maximum atomic E-state index is 10.7. The third-order valence-corrected chi connectivity index (χ3v) is 4.35. The van der Waals surface area contributed by atoms with E-state index < -0.39 is 5.60 Å². The van der Waals surface area contributed by atoms with Crippen LogP contribution in [0.2, 0.25) is 6.82 Å². The predicted octanol–water partition coefficient (Wildman–Crippen LogP) is 4.37. The molecule has 0 aromatic heterocycles. The summed E-state index contributed by atoms with van der Waals surface area (Å²) in [6.45, 7) is 8.73. The van der Waals surface area contributed by atoms with Crippen LogP contribution >= 0.6 is 9.12 Å². The Hall–Kier alpha value is -0.325. The molecule has 1 atom stereocenters. The van der Waals surface area contributed by atoms with Crippen LogP contribution < -0.4 is 0 Å². The first-order valence-corrected chi connectivity index (χ1v) is 8.27. The zero-order chi connectivity index (χ0) is 16.1. The smallest absolute Gasteiger partial charge is 0.141 e. The van der Waals surface area contributed by atoms with Gasteiger partial charge < -0.3 is 5.11 Å². The van der Waals surface area contributed by atoms with E-state index >= 15 is 0 Å².